The van der Waals surface area contributed by atoms with Gasteiger partial charge in [-0.3, -0.25) is 4.79 Å². The summed E-state index contributed by atoms with van der Waals surface area (Å²) in [5, 5.41) is 4.62. The molecule has 0 spiro atoms. The topological polar surface area (TPSA) is 60.7 Å². The Balaban J connectivity index is 1.84. The van der Waals surface area contributed by atoms with Crippen LogP contribution in [0.5, 0.6) is 0 Å². The maximum atomic E-state index is 12.9. The number of rotatable bonds is 2. The number of ketones is 1. The van der Waals surface area contributed by atoms with Crippen molar-refractivity contribution >= 4 is 5.78 Å². The van der Waals surface area contributed by atoms with Gasteiger partial charge in [-0.05, 0) is 57.2 Å². The molecule has 5 heteroatoms. The van der Waals surface area contributed by atoms with Gasteiger partial charge in [0.05, 0.1) is 17.0 Å². The molecule has 3 aromatic rings. The minimum atomic E-state index is 0.160. The van der Waals surface area contributed by atoms with Gasteiger partial charge >= 0.3 is 0 Å². The van der Waals surface area contributed by atoms with E-state index in [-0.39, 0.29) is 11.7 Å². The molecule has 4 rings (SSSR count). The van der Waals surface area contributed by atoms with Crippen molar-refractivity contribution in [1.29, 1.82) is 0 Å². The molecule has 1 atom stereocenters. The van der Waals surface area contributed by atoms with E-state index in [0.29, 0.717) is 12.4 Å². The van der Waals surface area contributed by atoms with Crippen LogP contribution < -0.4 is 0 Å². The maximum Gasteiger partial charge on any atom is 0.251 e. The number of Topliss-reactive ketones (excluding diaryl/α,β-unsaturated/α-hetero) is 1. The van der Waals surface area contributed by atoms with Crippen molar-refractivity contribution in [2.75, 3.05) is 0 Å². The fraction of sp³-hybridized carbons (Fsp3) is 0.333. The summed E-state index contributed by atoms with van der Waals surface area (Å²) in [4.78, 5) is 22.0. The third-order valence-electron chi connectivity index (χ3n) is 5.09. The van der Waals surface area contributed by atoms with Crippen molar-refractivity contribution in [1.82, 2.24) is 19.7 Å². The van der Waals surface area contributed by atoms with Crippen LogP contribution in [0.2, 0.25) is 0 Å². The molecular weight excluding hydrogens is 324 g/mol. The molecular formula is C21H22N4O. The molecule has 5 nitrogen and oxygen atoms in total. The maximum absolute atomic E-state index is 12.9. The van der Waals surface area contributed by atoms with Crippen molar-refractivity contribution in [2.45, 2.75) is 46.5 Å². The Bertz CT molecular complexity index is 999. The SMILES string of the molecule is Cc1cc(C)nc(-n2nc(C)c3c2C[C@H](c2ccccc2C)CC3=O)n1. The summed E-state index contributed by atoms with van der Waals surface area (Å²) >= 11 is 0. The zero-order chi connectivity index (χ0) is 18.4. The van der Waals surface area contributed by atoms with Crippen LogP contribution in [0.4, 0.5) is 0 Å². The first-order valence-electron chi connectivity index (χ1n) is 8.94. The minimum absolute atomic E-state index is 0.160. The van der Waals surface area contributed by atoms with Gasteiger partial charge in [-0.1, -0.05) is 24.3 Å². The largest absolute Gasteiger partial charge is 0.294 e. The molecule has 0 aliphatic heterocycles. The van der Waals surface area contributed by atoms with Crippen LogP contribution in [0.1, 0.15) is 56.6 Å². The van der Waals surface area contributed by atoms with Crippen molar-refractivity contribution in [2.24, 2.45) is 0 Å². The molecule has 0 amide bonds. The predicted molar refractivity (Wildman–Crippen MR) is 99.9 cm³/mol. The average molecular weight is 346 g/mol. The molecule has 0 unspecified atom stereocenters. The van der Waals surface area contributed by atoms with Crippen molar-refractivity contribution in [3.8, 4) is 5.95 Å². The fourth-order valence-electron chi connectivity index (χ4n) is 3.99. The molecule has 0 saturated heterocycles. The molecule has 2 heterocycles. The lowest BCUT2D eigenvalue weighted by molar-refractivity contribution is 0.0963. The second kappa shape index (κ2) is 6.16. The van der Waals surface area contributed by atoms with Gasteiger partial charge in [-0.25, -0.2) is 14.6 Å². The van der Waals surface area contributed by atoms with Crippen LogP contribution in [-0.2, 0) is 6.42 Å². The summed E-state index contributed by atoms with van der Waals surface area (Å²) < 4.78 is 1.77. The third-order valence-corrected chi connectivity index (χ3v) is 5.09. The number of carbonyl (C=O) groups excluding carboxylic acids is 1. The lowest BCUT2D eigenvalue weighted by atomic mass is 9.80. The second-order valence-corrected chi connectivity index (χ2v) is 7.15. The van der Waals surface area contributed by atoms with E-state index in [1.807, 2.05) is 39.0 Å². The van der Waals surface area contributed by atoms with E-state index in [1.54, 1.807) is 4.68 Å². The molecule has 26 heavy (non-hydrogen) atoms. The number of hydrogen-bond acceptors (Lipinski definition) is 4. The van der Waals surface area contributed by atoms with Gasteiger partial charge < -0.3 is 0 Å². The zero-order valence-electron chi connectivity index (χ0n) is 15.6. The summed E-state index contributed by atoms with van der Waals surface area (Å²) in [6.45, 7) is 7.89. The lowest BCUT2D eigenvalue weighted by Gasteiger charge is -2.24. The Morgan fingerprint density at radius 3 is 2.38 bits per heavy atom. The van der Waals surface area contributed by atoms with E-state index < -0.39 is 0 Å². The summed E-state index contributed by atoms with van der Waals surface area (Å²) in [6.07, 6.45) is 1.29. The van der Waals surface area contributed by atoms with Gasteiger partial charge in [0.2, 0.25) is 0 Å². The summed E-state index contributed by atoms with van der Waals surface area (Å²) in [5.74, 6) is 0.870. The van der Waals surface area contributed by atoms with Crippen molar-refractivity contribution in [3.63, 3.8) is 0 Å². The first-order valence-corrected chi connectivity index (χ1v) is 8.94. The van der Waals surface area contributed by atoms with Crippen LogP contribution in [-0.4, -0.2) is 25.5 Å². The number of benzene rings is 1. The number of carbonyl (C=O) groups is 1. The van der Waals surface area contributed by atoms with Crippen LogP contribution >= 0.6 is 0 Å². The normalized spacial score (nSPS) is 16.6. The highest BCUT2D eigenvalue weighted by Crippen LogP contribution is 2.36. The van der Waals surface area contributed by atoms with Gasteiger partial charge in [0.1, 0.15) is 0 Å². The standard InChI is InChI=1S/C21H22N4O/c1-12-7-5-6-8-17(12)16-10-18-20(19(26)11-16)15(4)24-25(18)21-22-13(2)9-14(3)23-21/h5-9,16H,10-11H2,1-4H3/t16-/m0/s1. The fourth-order valence-corrected chi connectivity index (χ4v) is 3.99. The zero-order valence-corrected chi connectivity index (χ0v) is 15.6. The van der Waals surface area contributed by atoms with Crippen molar-refractivity contribution in [3.05, 3.63) is 69.8 Å². The van der Waals surface area contributed by atoms with Gasteiger partial charge in [0, 0.05) is 17.8 Å². The monoisotopic (exact) mass is 346 g/mol. The first kappa shape index (κ1) is 16.6. The Hall–Kier alpha value is -2.82. The Morgan fingerprint density at radius 1 is 1.00 bits per heavy atom. The van der Waals surface area contributed by atoms with E-state index in [4.69, 9.17) is 0 Å². The van der Waals surface area contributed by atoms with Crippen LogP contribution in [0.15, 0.2) is 30.3 Å². The molecule has 0 radical (unpaired) electrons. The highest BCUT2D eigenvalue weighted by Gasteiger charge is 2.33. The average Bonchev–Trinajstić information content (AvgIpc) is 2.91. The molecule has 1 aromatic carbocycles. The van der Waals surface area contributed by atoms with Crippen LogP contribution in [0, 0.1) is 27.7 Å². The van der Waals surface area contributed by atoms with Crippen molar-refractivity contribution < 1.29 is 4.79 Å². The molecule has 1 aliphatic carbocycles. The highest BCUT2D eigenvalue weighted by molar-refractivity contribution is 6.00. The molecule has 1 aliphatic rings. The van der Waals surface area contributed by atoms with E-state index in [0.717, 1.165) is 34.8 Å². The third kappa shape index (κ3) is 2.73. The summed E-state index contributed by atoms with van der Waals surface area (Å²) in [6, 6.07) is 10.2. The Morgan fingerprint density at radius 2 is 1.69 bits per heavy atom. The minimum Gasteiger partial charge on any atom is -0.294 e. The van der Waals surface area contributed by atoms with E-state index in [2.05, 4.69) is 34.1 Å². The second-order valence-electron chi connectivity index (χ2n) is 7.15. The van der Waals surface area contributed by atoms with E-state index in [9.17, 15) is 4.79 Å². The van der Waals surface area contributed by atoms with Gasteiger partial charge in [0.25, 0.3) is 5.95 Å². The van der Waals surface area contributed by atoms with Crippen LogP contribution in [0.25, 0.3) is 5.95 Å². The number of aryl methyl sites for hydroxylation is 4. The van der Waals surface area contributed by atoms with Gasteiger partial charge in [-0.15, -0.1) is 0 Å². The van der Waals surface area contributed by atoms with E-state index >= 15 is 0 Å². The molecule has 0 saturated carbocycles. The molecule has 132 valence electrons. The molecule has 0 fully saturated rings. The first-order chi connectivity index (χ1) is 12.4. The number of nitrogens with zero attached hydrogens (tertiary/aromatic N) is 4. The number of fused-ring (bicyclic) bond motifs is 1. The summed E-state index contributed by atoms with van der Waals surface area (Å²) in [7, 11) is 0. The summed E-state index contributed by atoms with van der Waals surface area (Å²) in [5.41, 5.74) is 6.68. The quantitative estimate of drug-likeness (QED) is 0.708. The molecule has 0 bridgehead atoms. The van der Waals surface area contributed by atoms with Gasteiger partial charge in [-0.2, -0.15) is 5.10 Å². The smallest absolute Gasteiger partial charge is 0.251 e. The Kier molecular flexibility index (Phi) is 3.94. The highest BCUT2D eigenvalue weighted by atomic mass is 16.1. The number of hydrogen-bond donors (Lipinski definition) is 0. The lowest BCUT2D eigenvalue weighted by Crippen LogP contribution is -2.21. The predicted octanol–water partition coefficient (Wildman–Crippen LogP) is 3.81. The molecule has 0 N–H and O–H groups in total. The molecule has 2 aromatic heterocycles. The van der Waals surface area contributed by atoms with E-state index in [1.165, 1.54) is 11.1 Å². The van der Waals surface area contributed by atoms with Gasteiger partial charge in [0.15, 0.2) is 5.78 Å². The van der Waals surface area contributed by atoms with Crippen LogP contribution in [0.3, 0.4) is 0 Å². The Labute approximate surface area is 153 Å². The number of aromatic nitrogens is 4.